The molecule has 2 atom stereocenters. The van der Waals surface area contributed by atoms with Gasteiger partial charge in [-0.3, -0.25) is 9.99 Å². The zero-order chi connectivity index (χ0) is 29.3. The second-order valence-corrected chi connectivity index (χ2v) is 11.3. The number of hydrazine groups is 2. The maximum atomic E-state index is 10.2. The molecule has 208 valence electrons. The second kappa shape index (κ2) is 11.3. The SMILES string of the molecule is BC(Nc1cc(C#N)c2ncc(C#N)c(N[C@H](CC)c3ccccc3)c2c1)(C1=CN(C2CC2)NN1)c1ccccc1Cl. The number of nitrogens with zero attached hydrogens (tertiary/aromatic N) is 4. The van der Waals surface area contributed by atoms with E-state index in [-0.39, 0.29) is 6.04 Å². The summed E-state index contributed by atoms with van der Waals surface area (Å²) in [6.07, 6.45) is 6.69. The Morgan fingerprint density at radius 3 is 2.52 bits per heavy atom. The summed E-state index contributed by atoms with van der Waals surface area (Å²) in [5.41, 5.74) is 11.4. The van der Waals surface area contributed by atoms with Gasteiger partial charge in [0.15, 0.2) is 0 Å². The highest BCUT2D eigenvalue weighted by Gasteiger charge is 2.39. The van der Waals surface area contributed by atoms with Crippen LogP contribution in [0.15, 0.2) is 84.8 Å². The first-order valence-electron chi connectivity index (χ1n) is 14.1. The van der Waals surface area contributed by atoms with Gasteiger partial charge in [-0.05, 0) is 48.6 Å². The highest BCUT2D eigenvalue weighted by atomic mass is 35.5. The van der Waals surface area contributed by atoms with Gasteiger partial charge >= 0.3 is 0 Å². The molecule has 1 aliphatic heterocycles. The lowest BCUT2D eigenvalue weighted by Gasteiger charge is -2.34. The highest BCUT2D eigenvalue weighted by Crippen LogP contribution is 2.39. The van der Waals surface area contributed by atoms with Gasteiger partial charge in [-0.2, -0.15) is 10.5 Å². The fourth-order valence-electron chi connectivity index (χ4n) is 5.55. The van der Waals surface area contributed by atoms with Crippen molar-refractivity contribution in [1.82, 2.24) is 21.0 Å². The molecule has 0 radical (unpaired) electrons. The molecule has 4 aromatic rings. The van der Waals surface area contributed by atoms with Crippen LogP contribution in [0.2, 0.25) is 5.02 Å². The molecule has 3 aromatic carbocycles. The molecule has 0 saturated heterocycles. The summed E-state index contributed by atoms with van der Waals surface area (Å²) in [6, 6.07) is 26.7. The van der Waals surface area contributed by atoms with E-state index >= 15 is 0 Å². The summed E-state index contributed by atoms with van der Waals surface area (Å²) in [6.45, 7) is 2.10. The summed E-state index contributed by atoms with van der Waals surface area (Å²) in [4.78, 5) is 4.54. The third-order valence-corrected chi connectivity index (χ3v) is 8.34. The van der Waals surface area contributed by atoms with Crippen molar-refractivity contribution < 1.29 is 0 Å². The number of halogens is 1. The van der Waals surface area contributed by atoms with Gasteiger partial charge in [0.2, 0.25) is 0 Å². The number of fused-ring (bicyclic) bond motifs is 1. The summed E-state index contributed by atoms with van der Waals surface area (Å²) in [5, 5.41) is 31.0. The van der Waals surface area contributed by atoms with Crippen molar-refractivity contribution in [3.8, 4) is 12.1 Å². The Hall–Kier alpha value is -4.70. The minimum absolute atomic E-state index is 0.0354. The first-order chi connectivity index (χ1) is 20.4. The average Bonchev–Trinajstić information content (AvgIpc) is 3.75. The van der Waals surface area contributed by atoms with Gasteiger partial charge in [0.1, 0.15) is 20.0 Å². The van der Waals surface area contributed by atoms with E-state index in [0.29, 0.717) is 44.5 Å². The minimum Gasteiger partial charge on any atom is -0.378 e. The van der Waals surface area contributed by atoms with Crippen molar-refractivity contribution >= 4 is 41.7 Å². The maximum absolute atomic E-state index is 10.2. The Balaban J connectivity index is 1.48. The first kappa shape index (κ1) is 27.5. The molecule has 1 fully saturated rings. The van der Waals surface area contributed by atoms with Crippen LogP contribution in [-0.2, 0) is 5.44 Å². The molecule has 1 aliphatic carbocycles. The smallest absolute Gasteiger partial charge is 0.148 e. The highest BCUT2D eigenvalue weighted by molar-refractivity contribution is 6.33. The van der Waals surface area contributed by atoms with Crippen molar-refractivity contribution in [1.29, 1.82) is 10.5 Å². The van der Waals surface area contributed by atoms with Gasteiger partial charge < -0.3 is 16.1 Å². The van der Waals surface area contributed by atoms with E-state index in [1.807, 2.05) is 48.5 Å². The molecule has 1 saturated carbocycles. The lowest BCUT2D eigenvalue weighted by atomic mass is 9.69. The predicted molar refractivity (Wildman–Crippen MR) is 169 cm³/mol. The van der Waals surface area contributed by atoms with Crippen LogP contribution in [0.4, 0.5) is 11.4 Å². The van der Waals surface area contributed by atoms with Gasteiger partial charge in [0.25, 0.3) is 0 Å². The lowest BCUT2D eigenvalue weighted by molar-refractivity contribution is 0.260. The van der Waals surface area contributed by atoms with Crippen LogP contribution in [0, 0.1) is 22.7 Å². The molecule has 0 bridgehead atoms. The van der Waals surface area contributed by atoms with Crippen molar-refractivity contribution in [3.63, 3.8) is 0 Å². The average molecular weight is 573 g/mol. The van der Waals surface area contributed by atoms with Crippen LogP contribution in [0.5, 0.6) is 0 Å². The quantitative estimate of drug-likeness (QED) is 0.197. The zero-order valence-electron chi connectivity index (χ0n) is 23.4. The normalized spacial score (nSPS) is 16.5. The number of aromatic nitrogens is 1. The van der Waals surface area contributed by atoms with Crippen LogP contribution in [0.3, 0.4) is 0 Å². The largest absolute Gasteiger partial charge is 0.378 e. The fraction of sp³-hybridized carbons (Fsp3) is 0.219. The number of pyridine rings is 1. The Kier molecular flexibility index (Phi) is 7.39. The van der Waals surface area contributed by atoms with E-state index in [0.717, 1.165) is 36.1 Å². The van der Waals surface area contributed by atoms with E-state index in [1.54, 1.807) is 6.07 Å². The Bertz CT molecular complexity index is 1760. The maximum Gasteiger partial charge on any atom is 0.148 e. The van der Waals surface area contributed by atoms with Gasteiger partial charge in [-0.15, -0.1) is 5.53 Å². The van der Waals surface area contributed by atoms with E-state index in [9.17, 15) is 10.5 Å². The Labute approximate surface area is 251 Å². The number of hydrogen-bond donors (Lipinski definition) is 4. The van der Waals surface area contributed by atoms with Gasteiger partial charge in [0.05, 0.1) is 39.5 Å². The van der Waals surface area contributed by atoms with Crippen molar-refractivity contribution in [3.05, 3.63) is 112 Å². The summed E-state index contributed by atoms with van der Waals surface area (Å²) >= 11 is 6.78. The topological polar surface area (TPSA) is 112 Å². The fourth-order valence-corrected chi connectivity index (χ4v) is 5.87. The molecule has 2 aliphatic rings. The summed E-state index contributed by atoms with van der Waals surface area (Å²) < 4.78 is 0. The Morgan fingerprint density at radius 1 is 1.10 bits per heavy atom. The molecule has 1 aromatic heterocycles. The summed E-state index contributed by atoms with van der Waals surface area (Å²) in [5.74, 6) is 0. The number of nitrogens with one attached hydrogen (secondary N) is 4. The monoisotopic (exact) mass is 572 g/mol. The molecule has 0 amide bonds. The predicted octanol–water partition coefficient (Wildman–Crippen LogP) is 5.42. The number of nitriles is 2. The summed E-state index contributed by atoms with van der Waals surface area (Å²) in [7, 11) is 2.06. The number of benzene rings is 3. The number of rotatable bonds is 9. The van der Waals surface area contributed by atoms with Crippen molar-refractivity contribution in [2.75, 3.05) is 10.6 Å². The third kappa shape index (κ3) is 5.09. The van der Waals surface area contributed by atoms with Crippen LogP contribution in [0.1, 0.15) is 54.5 Å². The number of hydrogen-bond acceptors (Lipinski definition) is 8. The first-order valence-corrected chi connectivity index (χ1v) is 14.5. The van der Waals surface area contributed by atoms with Gasteiger partial charge in [-0.25, -0.2) is 0 Å². The van der Waals surface area contributed by atoms with Crippen LogP contribution >= 0.6 is 11.6 Å². The molecule has 10 heteroatoms. The van der Waals surface area contributed by atoms with Crippen LogP contribution in [-0.4, -0.2) is 23.9 Å². The van der Waals surface area contributed by atoms with Crippen LogP contribution in [0.25, 0.3) is 10.9 Å². The molecule has 42 heavy (non-hydrogen) atoms. The van der Waals surface area contributed by atoms with Gasteiger partial charge in [-0.1, -0.05) is 67.1 Å². The molecule has 1 unspecified atom stereocenters. The Morgan fingerprint density at radius 2 is 1.83 bits per heavy atom. The van der Waals surface area contributed by atoms with Crippen molar-refractivity contribution in [2.24, 2.45) is 0 Å². The molecule has 4 N–H and O–H groups in total. The molecule has 0 spiro atoms. The second-order valence-electron chi connectivity index (χ2n) is 10.9. The van der Waals surface area contributed by atoms with E-state index < -0.39 is 5.44 Å². The molecular weight excluding hydrogens is 543 g/mol. The van der Waals surface area contributed by atoms with Crippen LogP contribution < -0.4 is 21.6 Å². The van der Waals surface area contributed by atoms with Crippen molar-refractivity contribution in [2.45, 2.75) is 43.7 Å². The van der Waals surface area contributed by atoms with E-state index in [2.05, 4.69) is 76.8 Å². The molecular formula is C32H30BClN8. The third-order valence-electron chi connectivity index (χ3n) is 8.01. The molecule has 2 heterocycles. The minimum atomic E-state index is -0.792. The zero-order valence-corrected chi connectivity index (χ0v) is 24.2. The molecule has 6 rings (SSSR count). The lowest BCUT2D eigenvalue weighted by Crippen LogP contribution is -2.45. The standard InChI is InChI=1S/C32H30BClN8/c1-2-28(20-8-4-3-5-9-20)38-31-22(17-36)18-37-30-21(16-35)14-23(15-25(30)31)39-32(33,26-10-6-7-11-27(26)34)29-19-42(41-40-29)24-12-13-24/h3-11,14-15,18-19,24,28,39-41H,2,12-13,33H2,1H3,(H,37,38)/t28-,32?/m1/s1. The number of anilines is 2. The van der Waals surface area contributed by atoms with E-state index in [1.165, 1.54) is 6.20 Å². The molecule has 8 nitrogen and oxygen atoms in total. The van der Waals surface area contributed by atoms with Gasteiger partial charge in [0, 0.05) is 34.5 Å². The van der Waals surface area contributed by atoms with E-state index in [4.69, 9.17) is 11.6 Å².